The van der Waals surface area contributed by atoms with Crippen LogP contribution < -0.4 is 11.2 Å². The molecule has 1 rings (SSSR count). The monoisotopic (exact) mass is 233 g/mol. The first kappa shape index (κ1) is 11.4. The first-order valence-electron chi connectivity index (χ1n) is 4.00. The Bertz CT molecular complexity index is 504. The average Bonchev–Trinajstić information content (AvgIpc) is 2.18. The second kappa shape index (κ2) is 4.26. The van der Waals surface area contributed by atoms with Crippen molar-refractivity contribution in [1.82, 2.24) is 9.13 Å². The Morgan fingerprint density at radius 3 is 2.60 bits per heavy atom. The Balaban J connectivity index is 3.57. The molecule has 0 amide bonds. The third-order valence-electron chi connectivity index (χ3n) is 1.82. The van der Waals surface area contributed by atoms with E-state index in [1.165, 1.54) is 7.05 Å². The molecular formula is C7H8ClN3O4. The zero-order valence-electron chi connectivity index (χ0n) is 7.84. The maximum atomic E-state index is 11.4. The minimum absolute atomic E-state index is 0.0380. The van der Waals surface area contributed by atoms with Gasteiger partial charge in [-0.3, -0.25) is 24.0 Å². The molecule has 15 heavy (non-hydrogen) atoms. The van der Waals surface area contributed by atoms with Crippen LogP contribution in [0.3, 0.4) is 0 Å². The number of hydrogen-bond donors (Lipinski definition) is 0. The molecule has 0 bridgehead atoms. The van der Waals surface area contributed by atoms with Crippen LogP contribution in [0.4, 0.5) is 5.69 Å². The summed E-state index contributed by atoms with van der Waals surface area (Å²) in [6.07, 6.45) is 0.898. The molecule has 82 valence electrons. The highest BCUT2D eigenvalue weighted by Gasteiger charge is 2.17. The summed E-state index contributed by atoms with van der Waals surface area (Å²) >= 11 is 5.39. The summed E-state index contributed by atoms with van der Waals surface area (Å²) in [6, 6.07) is 0. The molecular weight excluding hydrogens is 226 g/mol. The molecule has 0 spiro atoms. The molecule has 1 aromatic heterocycles. The van der Waals surface area contributed by atoms with Crippen molar-refractivity contribution in [2.45, 2.75) is 6.54 Å². The molecule has 7 nitrogen and oxygen atoms in total. The summed E-state index contributed by atoms with van der Waals surface area (Å²) in [6.45, 7) is -0.0469. The average molecular weight is 234 g/mol. The van der Waals surface area contributed by atoms with Crippen LogP contribution in [0.15, 0.2) is 15.8 Å². The van der Waals surface area contributed by atoms with Crippen LogP contribution >= 0.6 is 11.6 Å². The van der Waals surface area contributed by atoms with Gasteiger partial charge in [0.15, 0.2) is 0 Å². The maximum Gasteiger partial charge on any atom is 0.350 e. The standard InChI is InChI=1S/C7H8ClN3O4/c1-9-4-5(11(14)15)6(12)10(3-2-8)7(9)13/h4H,2-3H2,1H3. The van der Waals surface area contributed by atoms with Gasteiger partial charge in [0.05, 0.1) is 11.1 Å². The van der Waals surface area contributed by atoms with E-state index in [4.69, 9.17) is 11.6 Å². The molecule has 0 N–H and O–H groups in total. The van der Waals surface area contributed by atoms with Crippen LogP contribution in [0.2, 0.25) is 0 Å². The number of hydrogen-bond acceptors (Lipinski definition) is 4. The van der Waals surface area contributed by atoms with Crippen LogP contribution in [0.25, 0.3) is 0 Å². The van der Waals surface area contributed by atoms with E-state index >= 15 is 0 Å². The first-order chi connectivity index (χ1) is 6.99. The van der Waals surface area contributed by atoms with Crippen molar-refractivity contribution in [1.29, 1.82) is 0 Å². The van der Waals surface area contributed by atoms with Crippen LogP contribution in [-0.4, -0.2) is 19.9 Å². The molecule has 0 aliphatic heterocycles. The molecule has 0 aliphatic carbocycles. The minimum Gasteiger partial charge on any atom is -0.297 e. The normalized spacial score (nSPS) is 10.3. The van der Waals surface area contributed by atoms with Gasteiger partial charge >= 0.3 is 16.9 Å². The number of nitro groups is 1. The second-order valence-electron chi connectivity index (χ2n) is 2.81. The number of aromatic nitrogens is 2. The quantitative estimate of drug-likeness (QED) is 0.407. The van der Waals surface area contributed by atoms with Crippen LogP contribution in [0.1, 0.15) is 0 Å². The van der Waals surface area contributed by atoms with E-state index in [0.717, 1.165) is 15.3 Å². The number of halogens is 1. The number of alkyl halides is 1. The van der Waals surface area contributed by atoms with Gasteiger partial charge in [-0.15, -0.1) is 11.6 Å². The Morgan fingerprint density at radius 1 is 1.53 bits per heavy atom. The van der Waals surface area contributed by atoms with Gasteiger partial charge in [-0.25, -0.2) is 4.79 Å². The van der Waals surface area contributed by atoms with Crippen molar-refractivity contribution in [3.63, 3.8) is 0 Å². The van der Waals surface area contributed by atoms with Crippen molar-refractivity contribution in [2.24, 2.45) is 7.05 Å². The molecule has 1 aromatic rings. The molecule has 0 radical (unpaired) electrons. The largest absolute Gasteiger partial charge is 0.350 e. The van der Waals surface area contributed by atoms with Crippen molar-refractivity contribution in [3.8, 4) is 0 Å². The van der Waals surface area contributed by atoms with Gasteiger partial charge in [0.1, 0.15) is 0 Å². The van der Waals surface area contributed by atoms with E-state index in [-0.39, 0.29) is 12.4 Å². The molecule has 0 atom stereocenters. The van der Waals surface area contributed by atoms with Gasteiger partial charge in [-0.1, -0.05) is 0 Å². The van der Waals surface area contributed by atoms with E-state index in [0.29, 0.717) is 0 Å². The lowest BCUT2D eigenvalue weighted by atomic mass is 10.5. The van der Waals surface area contributed by atoms with Crippen LogP contribution in [0, 0.1) is 10.1 Å². The lowest BCUT2D eigenvalue weighted by Crippen LogP contribution is -2.39. The van der Waals surface area contributed by atoms with Crippen LogP contribution in [-0.2, 0) is 13.6 Å². The van der Waals surface area contributed by atoms with E-state index in [1.54, 1.807) is 0 Å². The van der Waals surface area contributed by atoms with Gasteiger partial charge in [0.25, 0.3) is 0 Å². The lowest BCUT2D eigenvalue weighted by molar-refractivity contribution is -0.387. The molecule has 0 saturated heterocycles. The van der Waals surface area contributed by atoms with Crippen molar-refractivity contribution in [3.05, 3.63) is 37.1 Å². The third kappa shape index (κ3) is 2.07. The fourth-order valence-corrected chi connectivity index (χ4v) is 1.29. The second-order valence-corrected chi connectivity index (χ2v) is 3.19. The summed E-state index contributed by atoms with van der Waals surface area (Å²) < 4.78 is 1.72. The topological polar surface area (TPSA) is 87.1 Å². The Hall–Kier alpha value is -1.63. The van der Waals surface area contributed by atoms with Gasteiger partial charge in [-0.2, -0.15) is 0 Å². The molecule has 0 aromatic carbocycles. The summed E-state index contributed by atoms with van der Waals surface area (Å²) in [5.74, 6) is 0.0380. The maximum absolute atomic E-state index is 11.4. The van der Waals surface area contributed by atoms with Gasteiger partial charge in [-0.05, 0) is 0 Å². The zero-order chi connectivity index (χ0) is 11.6. The lowest BCUT2D eigenvalue weighted by Gasteiger charge is -2.04. The van der Waals surface area contributed by atoms with Gasteiger partial charge < -0.3 is 0 Å². The Kier molecular flexibility index (Phi) is 3.25. The van der Waals surface area contributed by atoms with E-state index in [9.17, 15) is 19.7 Å². The molecule has 0 saturated carbocycles. The summed E-state index contributed by atoms with van der Waals surface area (Å²) in [7, 11) is 1.33. The highest BCUT2D eigenvalue weighted by atomic mass is 35.5. The summed E-state index contributed by atoms with van der Waals surface area (Å²) in [5, 5.41) is 10.5. The Labute approximate surface area is 88.7 Å². The smallest absolute Gasteiger partial charge is 0.297 e. The molecule has 1 heterocycles. The van der Waals surface area contributed by atoms with Gasteiger partial charge in [0, 0.05) is 19.5 Å². The van der Waals surface area contributed by atoms with Crippen molar-refractivity contribution >= 4 is 17.3 Å². The van der Waals surface area contributed by atoms with Crippen LogP contribution in [0.5, 0.6) is 0 Å². The molecule has 0 aliphatic rings. The third-order valence-corrected chi connectivity index (χ3v) is 1.99. The zero-order valence-corrected chi connectivity index (χ0v) is 8.60. The molecule has 0 unspecified atom stereocenters. The molecule has 0 fully saturated rings. The summed E-state index contributed by atoms with van der Waals surface area (Å²) in [4.78, 5) is 32.5. The highest BCUT2D eigenvalue weighted by Crippen LogP contribution is 1.98. The predicted molar refractivity (Wildman–Crippen MR) is 53.3 cm³/mol. The highest BCUT2D eigenvalue weighted by molar-refractivity contribution is 6.17. The fourth-order valence-electron chi connectivity index (χ4n) is 1.12. The SMILES string of the molecule is Cn1cc([N+](=O)[O-])c(=O)n(CCCl)c1=O. The number of aryl methyl sites for hydroxylation is 1. The predicted octanol–water partition coefficient (Wildman–Crippen LogP) is -0.306. The Morgan fingerprint density at radius 2 is 2.13 bits per heavy atom. The van der Waals surface area contributed by atoms with Crippen molar-refractivity contribution in [2.75, 3.05) is 5.88 Å². The number of nitrogens with zero attached hydrogens (tertiary/aromatic N) is 3. The van der Waals surface area contributed by atoms with E-state index in [2.05, 4.69) is 0 Å². The van der Waals surface area contributed by atoms with Gasteiger partial charge in [0.2, 0.25) is 0 Å². The molecule has 8 heteroatoms. The van der Waals surface area contributed by atoms with Crippen molar-refractivity contribution < 1.29 is 4.92 Å². The first-order valence-corrected chi connectivity index (χ1v) is 4.53. The fraction of sp³-hybridized carbons (Fsp3) is 0.429. The summed E-state index contributed by atoms with van der Waals surface area (Å²) in [5.41, 5.74) is -2.18. The number of rotatable bonds is 3. The minimum atomic E-state index is -0.927. The van der Waals surface area contributed by atoms with E-state index in [1.807, 2.05) is 0 Å². The van der Waals surface area contributed by atoms with E-state index < -0.39 is 21.9 Å².